The standard InChI is InChI=1S/C5H5N5.C5H4N4O2/c6-5-7-1-3-4(10-5)9-2-8-3;10-4-2-3(7-1-6-2)8-5(11)9-4/h1-2H,(H3,6,7,8,9,10);1H,(H3,6,7,8,9,10,11). The van der Waals surface area contributed by atoms with E-state index in [1.54, 1.807) is 12.5 Å². The minimum Gasteiger partial charge on any atom is -0.368 e. The molecule has 0 spiro atoms. The number of anilines is 1. The number of hydrogen-bond donors (Lipinski definition) is 5. The van der Waals surface area contributed by atoms with Crippen molar-refractivity contribution in [3.63, 3.8) is 0 Å². The summed E-state index contributed by atoms with van der Waals surface area (Å²) < 4.78 is 0. The van der Waals surface area contributed by atoms with Gasteiger partial charge in [-0.1, -0.05) is 0 Å². The number of aromatic amines is 4. The zero-order valence-corrected chi connectivity index (χ0v) is 10.4. The molecule has 106 valence electrons. The quantitative estimate of drug-likeness (QED) is 0.272. The first-order valence-electron chi connectivity index (χ1n) is 5.71. The normalized spacial score (nSPS) is 10.5. The van der Waals surface area contributed by atoms with Gasteiger partial charge in [0.25, 0.3) is 5.56 Å². The number of nitrogens with zero attached hydrogens (tertiary/aromatic N) is 4. The van der Waals surface area contributed by atoms with E-state index in [0.29, 0.717) is 5.65 Å². The van der Waals surface area contributed by atoms with Crippen molar-refractivity contribution in [2.24, 2.45) is 0 Å². The molecule has 0 radical (unpaired) electrons. The number of H-pyrrole nitrogens is 4. The molecule has 0 bridgehead atoms. The Labute approximate surface area is 114 Å². The van der Waals surface area contributed by atoms with Gasteiger partial charge in [0.2, 0.25) is 5.95 Å². The van der Waals surface area contributed by atoms with Crippen LogP contribution >= 0.6 is 0 Å². The number of imidazole rings is 2. The van der Waals surface area contributed by atoms with Crippen LogP contribution < -0.4 is 17.0 Å². The molecule has 0 unspecified atom stereocenters. The third-order valence-electron chi connectivity index (χ3n) is 2.52. The first kappa shape index (κ1) is 12.5. The molecule has 4 rings (SSSR count). The molecule has 0 aromatic carbocycles. The minimum absolute atomic E-state index is 0.250. The van der Waals surface area contributed by atoms with Gasteiger partial charge in [0.15, 0.2) is 11.3 Å². The molecular formula is C10H9N9O2. The molecule has 0 aliphatic carbocycles. The SMILES string of the molecule is Nc1ncc2[nH]cnc2n1.O=c1[nH]c(=O)c2[nH]cnc2[nH]1. The number of nitrogen functional groups attached to an aromatic ring is 1. The van der Waals surface area contributed by atoms with Crippen LogP contribution in [0.5, 0.6) is 0 Å². The Balaban J connectivity index is 0.000000126. The van der Waals surface area contributed by atoms with E-state index in [1.165, 1.54) is 6.33 Å². The first-order chi connectivity index (χ1) is 10.1. The summed E-state index contributed by atoms with van der Waals surface area (Å²) in [6, 6.07) is 0. The fourth-order valence-corrected chi connectivity index (χ4v) is 1.62. The topological polar surface area (TPSA) is 175 Å². The van der Waals surface area contributed by atoms with Crippen molar-refractivity contribution in [2.45, 2.75) is 0 Å². The average molecular weight is 287 g/mol. The van der Waals surface area contributed by atoms with Crippen molar-refractivity contribution in [3.05, 3.63) is 39.7 Å². The van der Waals surface area contributed by atoms with Crippen LogP contribution in [0.4, 0.5) is 5.95 Å². The average Bonchev–Trinajstić information content (AvgIpc) is 3.06. The Hall–Kier alpha value is -3.50. The Bertz CT molecular complexity index is 1010. The number of nitrogens with two attached hydrogens (primary N) is 1. The number of nitrogens with one attached hydrogen (secondary N) is 4. The van der Waals surface area contributed by atoms with E-state index >= 15 is 0 Å². The van der Waals surface area contributed by atoms with E-state index in [4.69, 9.17) is 5.73 Å². The fourth-order valence-electron chi connectivity index (χ4n) is 1.62. The minimum atomic E-state index is -0.547. The second kappa shape index (κ2) is 4.88. The van der Waals surface area contributed by atoms with Crippen molar-refractivity contribution in [3.8, 4) is 0 Å². The largest absolute Gasteiger partial charge is 0.368 e. The van der Waals surface area contributed by atoms with Gasteiger partial charge in [-0.2, -0.15) is 4.98 Å². The summed E-state index contributed by atoms with van der Waals surface area (Å²) in [6.07, 6.45) is 4.50. The Kier molecular flexibility index (Phi) is 2.91. The van der Waals surface area contributed by atoms with Crippen molar-refractivity contribution in [2.75, 3.05) is 5.73 Å². The molecule has 0 aliphatic rings. The Morgan fingerprint density at radius 1 is 1.00 bits per heavy atom. The molecule has 4 aromatic rings. The lowest BCUT2D eigenvalue weighted by Crippen LogP contribution is -2.21. The molecule has 21 heavy (non-hydrogen) atoms. The maximum Gasteiger partial charge on any atom is 0.327 e. The van der Waals surface area contributed by atoms with Crippen LogP contribution in [0.25, 0.3) is 22.3 Å². The van der Waals surface area contributed by atoms with E-state index in [2.05, 4.69) is 39.9 Å². The van der Waals surface area contributed by atoms with Crippen LogP contribution in [0, 0.1) is 0 Å². The molecule has 0 fully saturated rings. The first-order valence-corrected chi connectivity index (χ1v) is 5.71. The van der Waals surface area contributed by atoms with Crippen LogP contribution in [-0.2, 0) is 0 Å². The predicted molar refractivity (Wildman–Crippen MR) is 73.4 cm³/mol. The number of rotatable bonds is 0. The Morgan fingerprint density at radius 3 is 2.67 bits per heavy atom. The lowest BCUT2D eigenvalue weighted by atomic mass is 10.5. The van der Waals surface area contributed by atoms with Gasteiger partial charge in [0.1, 0.15) is 11.0 Å². The lowest BCUT2D eigenvalue weighted by molar-refractivity contribution is 1.07. The monoisotopic (exact) mass is 287 g/mol. The second-order valence-corrected chi connectivity index (χ2v) is 3.90. The maximum atomic E-state index is 10.9. The van der Waals surface area contributed by atoms with Gasteiger partial charge >= 0.3 is 5.69 Å². The van der Waals surface area contributed by atoms with Gasteiger partial charge in [-0.25, -0.2) is 19.7 Å². The van der Waals surface area contributed by atoms with Crippen LogP contribution in [0.2, 0.25) is 0 Å². The van der Waals surface area contributed by atoms with Gasteiger partial charge < -0.3 is 15.7 Å². The molecule has 0 saturated heterocycles. The second-order valence-electron chi connectivity index (χ2n) is 3.90. The van der Waals surface area contributed by atoms with Gasteiger partial charge in [0, 0.05) is 0 Å². The lowest BCUT2D eigenvalue weighted by Gasteiger charge is -1.87. The molecule has 0 amide bonds. The van der Waals surface area contributed by atoms with E-state index in [0.717, 1.165) is 5.52 Å². The van der Waals surface area contributed by atoms with Crippen LogP contribution in [0.15, 0.2) is 28.4 Å². The highest BCUT2D eigenvalue weighted by Crippen LogP contribution is 2.03. The molecule has 11 nitrogen and oxygen atoms in total. The fraction of sp³-hybridized carbons (Fsp3) is 0. The van der Waals surface area contributed by atoms with Gasteiger partial charge in [-0.05, 0) is 0 Å². The molecule has 0 saturated carbocycles. The van der Waals surface area contributed by atoms with Crippen LogP contribution in [-0.4, -0.2) is 39.9 Å². The van der Waals surface area contributed by atoms with E-state index in [9.17, 15) is 9.59 Å². The molecule has 4 aromatic heterocycles. The maximum absolute atomic E-state index is 10.9. The summed E-state index contributed by atoms with van der Waals surface area (Å²) in [5.74, 6) is 0.250. The highest BCUT2D eigenvalue weighted by atomic mass is 16.2. The van der Waals surface area contributed by atoms with Crippen molar-refractivity contribution in [1.82, 2.24) is 39.9 Å². The summed E-state index contributed by atoms with van der Waals surface area (Å²) in [7, 11) is 0. The number of aromatic nitrogens is 8. The molecule has 0 atom stereocenters. The van der Waals surface area contributed by atoms with Gasteiger partial charge in [0.05, 0.1) is 18.9 Å². The van der Waals surface area contributed by atoms with E-state index in [1.807, 2.05) is 0 Å². The Morgan fingerprint density at radius 2 is 1.81 bits per heavy atom. The zero-order chi connectivity index (χ0) is 14.8. The van der Waals surface area contributed by atoms with Crippen LogP contribution in [0.1, 0.15) is 0 Å². The van der Waals surface area contributed by atoms with E-state index in [-0.39, 0.29) is 17.1 Å². The number of hydrogen-bond acceptors (Lipinski definition) is 7. The molecule has 11 heteroatoms. The zero-order valence-electron chi connectivity index (χ0n) is 10.4. The predicted octanol–water partition coefficient (Wildman–Crippen LogP) is -1.13. The smallest absolute Gasteiger partial charge is 0.327 e. The molecule has 0 aliphatic heterocycles. The van der Waals surface area contributed by atoms with Crippen molar-refractivity contribution in [1.29, 1.82) is 0 Å². The summed E-state index contributed by atoms with van der Waals surface area (Å²) in [5, 5.41) is 0. The number of fused-ring (bicyclic) bond motifs is 2. The summed E-state index contributed by atoms with van der Waals surface area (Å²) in [4.78, 5) is 46.7. The van der Waals surface area contributed by atoms with Crippen molar-refractivity contribution >= 4 is 28.3 Å². The summed E-state index contributed by atoms with van der Waals surface area (Å²) >= 11 is 0. The van der Waals surface area contributed by atoms with Crippen LogP contribution in [0.3, 0.4) is 0 Å². The van der Waals surface area contributed by atoms with Gasteiger partial charge in [-0.3, -0.25) is 14.8 Å². The summed E-state index contributed by atoms with van der Waals surface area (Å²) in [6.45, 7) is 0. The molecular weight excluding hydrogens is 278 g/mol. The third-order valence-corrected chi connectivity index (χ3v) is 2.52. The van der Waals surface area contributed by atoms with Crippen molar-refractivity contribution < 1.29 is 0 Å². The molecule has 6 N–H and O–H groups in total. The van der Waals surface area contributed by atoms with Gasteiger partial charge in [-0.15, -0.1) is 0 Å². The molecule has 4 heterocycles. The highest BCUT2D eigenvalue weighted by molar-refractivity contribution is 5.69. The summed E-state index contributed by atoms with van der Waals surface area (Å²) in [5.41, 5.74) is 6.27. The van der Waals surface area contributed by atoms with E-state index < -0.39 is 11.2 Å². The third kappa shape index (κ3) is 2.47. The highest BCUT2D eigenvalue weighted by Gasteiger charge is 2.00.